The normalized spacial score (nSPS) is 11.7. The Bertz CT molecular complexity index is 637. The SMILES string of the molecule is Cc1ccccc1CC(=O)N[C@@H](C(=O)O)c1ccccc1. The van der Waals surface area contributed by atoms with Crippen LogP contribution < -0.4 is 5.32 Å². The van der Waals surface area contributed by atoms with Crippen molar-refractivity contribution in [3.05, 3.63) is 71.3 Å². The van der Waals surface area contributed by atoms with Crippen LogP contribution in [0.4, 0.5) is 0 Å². The molecule has 0 fully saturated rings. The highest BCUT2D eigenvalue weighted by Crippen LogP contribution is 2.14. The van der Waals surface area contributed by atoms with Gasteiger partial charge in [-0.2, -0.15) is 0 Å². The number of carboxylic acid groups (broad SMARTS) is 1. The van der Waals surface area contributed by atoms with Crippen molar-refractivity contribution in [3.8, 4) is 0 Å². The Balaban J connectivity index is 2.10. The summed E-state index contributed by atoms with van der Waals surface area (Å²) in [6.07, 6.45) is 0.170. The molecule has 0 bridgehead atoms. The maximum Gasteiger partial charge on any atom is 0.330 e. The molecule has 0 unspecified atom stereocenters. The minimum absolute atomic E-state index is 0.170. The van der Waals surface area contributed by atoms with Crippen molar-refractivity contribution in [2.24, 2.45) is 0 Å². The highest BCUT2D eigenvalue weighted by atomic mass is 16.4. The molecule has 1 amide bonds. The maximum absolute atomic E-state index is 12.1. The third-order valence-electron chi connectivity index (χ3n) is 3.30. The molecule has 2 rings (SSSR count). The van der Waals surface area contributed by atoms with E-state index in [4.69, 9.17) is 0 Å². The monoisotopic (exact) mass is 283 g/mol. The summed E-state index contributed by atoms with van der Waals surface area (Å²) in [5, 5.41) is 11.9. The van der Waals surface area contributed by atoms with Gasteiger partial charge in [-0.25, -0.2) is 4.79 Å². The smallest absolute Gasteiger partial charge is 0.330 e. The maximum atomic E-state index is 12.1. The van der Waals surface area contributed by atoms with Gasteiger partial charge in [0.15, 0.2) is 6.04 Å². The molecule has 2 aromatic rings. The Morgan fingerprint density at radius 1 is 1.05 bits per heavy atom. The van der Waals surface area contributed by atoms with Crippen molar-refractivity contribution in [2.75, 3.05) is 0 Å². The molecule has 21 heavy (non-hydrogen) atoms. The van der Waals surface area contributed by atoms with E-state index >= 15 is 0 Å². The fourth-order valence-electron chi connectivity index (χ4n) is 2.13. The van der Waals surface area contributed by atoms with Gasteiger partial charge in [0.05, 0.1) is 6.42 Å². The van der Waals surface area contributed by atoms with E-state index in [1.54, 1.807) is 30.3 Å². The molecule has 1 atom stereocenters. The molecule has 0 saturated heterocycles. The van der Waals surface area contributed by atoms with Crippen LogP contribution in [0.25, 0.3) is 0 Å². The molecule has 0 radical (unpaired) electrons. The van der Waals surface area contributed by atoms with E-state index < -0.39 is 12.0 Å². The summed E-state index contributed by atoms with van der Waals surface area (Å²) in [6, 6.07) is 15.2. The number of hydrogen-bond acceptors (Lipinski definition) is 2. The van der Waals surface area contributed by atoms with Gasteiger partial charge in [0.25, 0.3) is 0 Å². The number of rotatable bonds is 5. The van der Waals surface area contributed by atoms with Gasteiger partial charge in [0, 0.05) is 0 Å². The van der Waals surface area contributed by atoms with Gasteiger partial charge in [-0.3, -0.25) is 4.79 Å². The van der Waals surface area contributed by atoms with Crippen molar-refractivity contribution in [3.63, 3.8) is 0 Å². The van der Waals surface area contributed by atoms with Crippen LogP contribution in [-0.2, 0) is 16.0 Å². The summed E-state index contributed by atoms with van der Waals surface area (Å²) >= 11 is 0. The first-order valence-corrected chi connectivity index (χ1v) is 6.69. The first-order valence-electron chi connectivity index (χ1n) is 6.69. The summed E-state index contributed by atoms with van der Waals surface area (Å²) in [6.45, 7) is 1.93. The topological polar surface area (TPSA) is 66.4 Å². The average molecular weight is 283 g/mol. The first-order chi connectivity index (χ1) is 10.1. The van der Waals surface area contributed by atoms with E-state index in [0.29, 0.717) is 5.56 Å². The second-order valence-electron chi connectivity index (χ2n) is 4.85. The molecule has 108 valence electrons. The van der Waals surface area contributed by atoms with Crippen LogP contribution in [0.5, 0.6) is 0 Å². The molecule has 0 heterocycles. The number of carbonyl (C=O) groups is 2. The Hall–Kier alpha value is -2.62. The zero-order valence-corrected chi connectivity index (χ0v) is 11.7. The van der Waals surface area contributed by atoms with E-state index in [-0.39, 0.29) is 12.3 Å². The lowest BCUT2D eigenvalue weighted by atomic mass is 10.0. The van der Waals surface area contributed by atoms with E-state index in [1.165, 1.54) is 0 Å². The lowest BCUT2D eigenvalue weighted by Crippen LogP contribution is -2.34. The molecule has 0 aliphatic rings. The Morgan fingerprint density at radius 2 is 1.67 bits per heavy atom. The molecule has 0 saturated carbocycles. The number of aliphatic carboxylic acids is 1. The van der Waals surface area contributed by atoms with Gasteiger partial charge in [-0.15, -0.1) is 0 Å². The third-order valence-corrected chi connectivity index (χ3v) is 3.30. The Kier molecular flexibility index (Phi) is 4.72. The second-order valence-corrected chi connectivity index (χ2v) is 4.85. The summed E-state index contributed by atoms with van der Waals surface area (Å²) < 4.78 is 0. The number of carbonyl (C=O) groups excluding carboxylic acids is 1. The Labute approximate surface area is 123 Å². The minimum atomic E-state index is -1.07. The number of amides is 1. The third kappa shape index (κ3) is 3.92. The molecular weight excluding hydrogens is 266 g/mol. The first kappa shape index (κ1) is 14.8. The molecule has 2 N–H and O–H groups in total. The predicted molar refractivity (Wildman–Crippen MR) is 79.8 cm³/mol. The minimum Gasteiger partial charge on any atom is -0.479 e. The molecular formula is C17H17NO3. The quantitative estimate of drug-likeness (QED) is 0.886. The van der Waals surface area contributed by atoms with Gasteiger partial charge in [-0.1, -0.05) is 54.6 Å². The highest BCUT2D eigenvalue weighted by Gasteiger charge is 2.21. The molecule has 0 aliphatic carbocycles. The highest BCUT2D eigenvalue weighted by molar-refractivity contribution is 5.85. The van der Waals surface area contributed by atoms with E-state index in [2.05, 4.69) is 5.32 Å². The molecule has 0 aliphatic heterocycles. The number of hydrogen-bond donors (Lipinski definition) is 2. The fraction of sp³-hybridized carbons (Fsp3) is 0.176. The van der Waals surface area contributed by atoms with E-state index in [9.17, 15) is 14.7 Å². The van der Waals surface area contributed by atoms with Crippen molar-refractivity contribution >= 4 is 11.9 Å². The molecule has 2 aromatic carbocycles. The molecule has 0 aromatic heterocycles. The van der Waals surface area contributed by atoms with Crippen LogP contribution in [0.2, 0.25) is 0 Å². The van der Waals surface area contributed by atoms with Crippen LogP contribution in [0.1, 0.15) is 22.7 Å². The van der Waals surface area contributed by atoms with Crippen LogP contribution in [0, 0.1) is 6.92 Å². The van der Waals surface area contributed by atoms with Gasteiger partial charge >= 0.3 is 5.97 Å². The molecule has 4 heteroatoms. The van der Waals surface area contributed by atoms with Gasteiger partial charge in [-0.05, 0) is 23.6 Å². The summed E-state index contributed by atoms with van der Waals surface area (Å²) in [5.41, 5.74) is 2.47. The standard InChI is InChI=1S/C17H17NO3/c1-12-7-5-6-10-14(12)11-15(19)18-16(17(20)21)13-8-3-2-4-9-13/h2-10,16H,11H2,1H3,(H,18,19)(H,20,21)/t16-/m1/s1. The van der Waals surface area contributed by atoms with Crippen molar-refractivity contribution in [1.29, 1.82) is 0 Å². The fourth-order valence-corrected chi connectivity index (χ4v) is 2.13. The van der Waals surface area contributed by atoms with Crippen molar-refractivity contribution in [2.45, 2.75) is 19.4 Å². The zero-order chi connectivity index (χ0) is 15.2. The van der Waals surface area contributed by atoms with Crippen LogP contribution >= 0.6 is 0 Å². The predicted octanol–water partition coefficient (Wildman–Crippen LogP) is 2.48. The number of nitrogens with one attached hydrogen (secondary N) is 1. The van der Waals surface area contributed by atoms with Crippen LogP contribution in [0.15, 0.2) is 54.6 Å². The van der Waals surface area contributed by atoms with E-state index in [0.717, 1.165) is 11.1 Å². The van der Waals surface area contributed by atoms with Crippen molar-refractivity contribution < 1.29 is 14.7 Å². The van der Waals surface area contributed by atoms with Gasteiger partial charge in [0.1, 0.15) is 0 Å². The number of carboxylic acids is 1. The zero-order valence-electron chi connectivity index (χ0n) is 11.7. The van der Waals surface area contributed by atoms with Crippen LogP contribution in [-0.4, -0.2) is 17.0 Å². The second kappa shape index (κ2) is 6.70. The van der Waals surface area contributed by atoms with Crippen molar-refractivity contribution in [1.82, 2.24) is 5.32 Å². The summed E-state index contributed by atoms with van der Waals surface area (Å²) in [5.74, 6) is -1.38. The largest absolute Gasteiger partial charge is 0.479 e. The average Bonchev–Trinajstić information content (AvgIpc) is 2.48. The summed E-state index contributed by atoms with van der Waals surface area (Å²) in [4.78, 5) is 23.4. The number of benzene rings is 2. The lowest BCUT2D eigenvalue weighted by Gasteiger charge is -2.15. The summed E-state index contributed by atoms with van der Waals surface area (Å²) in [7, 11) is 0. The number of aryl methyl sites for hydroxylation is 1. The lowest BCUT2D eigenvalue weighted by molar-refractivity contribution is -0.141. The van der Waals surface area contributed by atoms with Gasteiger partial charge < -0.3 is 10.4 Å². The van der Waals surface area contributed by atoms with Gasteiger partial charge in [0.2, 0.25) is 5.91 Å². The van der Waals surface area contributed by atoms with E-state index in [1.807, 2.05) is 31.2 Å². The molecule has 4 nitrogen and oxygen atoms in total. The van der Waals surface area contributed by atoms with Crippen LogP contribution in [0.3, 0.4) is 0 Å². The Morgan fingerprint density at radius 3 is 2.29 bits per heavy atom. The molecule has 0 spiro atoms.